The molecule has 2 bridgehead atoms. The predicted octanol–water partition coefficient (Wildman–Crippen LogP) is 0.822. The van der Waals surface area contributed by atoms with Crippen LogP contribution in [0.1, 0.15) is 38.5 Å². The average Bonchev–Trinajstić information content (AvgIpc) is 2.95. The number of aromatic nitrogens is 3. The van der Waals surface area contributed by atoms with Crippen molar-refractivity contribution in [3.05, 3.63) is 0 Å². The third-order valence-corrected chi connectivity index (χ3v) is 5.39. The number of aryl methyl sites for hydroxylation is 1. The Labute approximate surface area is 134 Å². The first kappa shape index (κ1) is 14.6. The molecule has 2 saturated heterocycles. The van der Waals surface area contributed by atoms with Crippen LogP contribution in [0.5, 0.6) is 0 Å². The number of fused-ring (bicyclic) bond motifs is 3. The lowest BCUT2D eigenvalue weighted by Crippen LogP contribution is -2.40. The summed E-state index contributed by atoms with van der Waals surface area (Å²) in [4.78, 5) is 30.2. The quantitative estimate of drug-likeness (QED) is 0.861. The minimum atomic E-state index is -0.0652. The fraction of sp³-hybridized carbons (Fsp3) is 0.733. The Balaban J connectivity index is 1.35. The second kappa shape index (κ2) is 5.59. The topological polar surface area (TPSA) is 92.2 Å². The fourth-order valence-electron chi connectivity index (χ4n) is 4.17. The molecule has 1 aromatic rings. The van der Waals surface area contributed by atoms with Crippen molar-refractivity contribution in [2.24, 2.45) is 5.92 Å². The number of carbonyl (C=O) groups excluding carboxylic acids is 2. The van der Waals surface area contributed by atoms with E-state index < -0.39 is 0 Å². The molecule has 124 valence electrons. The Kier molecular flexibility index (Phi) is 3.56. The first-order chi connectivity index (χ1) is 11.1. The minimum absolute atomic E-state index is 0.0340. The molecule has 4 rings (SSSR count). The van der Waals surface area contributed by atoms with Gasteiger partial charge in [-0.15, -0.1) is 5.10 Å². The van der Waals surface area contributed by atoms with E-state index in [1.54, 1.807) is 4.68 Å². The van der Waals surface area contributed by atoms with Crippen molar-refractivity contribution >= 4 is 23.7 Å². The van der Waals surface area contributed by atoms with Crippen molar-refractivity contribution in [3.8, 4) is 0 Å². The fourth-order valence-corrected chi connectivity index (χ4v) is 4.17. The average molecular weight is 318 g/mol. The molecule has 23 heavy (non-hydrogen) atoms. The van der Waals surface area contributed by atoms with Gasteiger partial charge in [0.1, 0.15) is 0 Å². The van der Waals surface area contributed by atoms with Gasteiger partial charge in [0.05, 0.1) is 6.54 Å². The summed E-state index contributed by atoms with van der Waals surface area (Å²) in [6, 6.07) is 1.28. The highest BCUT2D eigenvalue weighted by molar-refractivity contribution is 5.91. The summed E-state index contributed by atoms with van der Waals surface area (Å²) >= 11 is 0. The molecule has 8 heteroatoms. The maximum Gasteiger partial charge on any atom is 0.250 e. The summed E-state index contributed by atoms with van der Waals surface area (Å²) < 4.78 is 1.62. The van der Waals surface area contributed by atoms with Crippen LogP contribution < -0.4 is 10.6 Å². The summed E-state index contributed by atoms with van der Waals surface area (Å²) in [7, 11) is 2.20. The van der Waals surface area contributed by atoms with E-state index in [1.807, 2.05) is 0 Å². The second-order valence-corrected chi connectivity index (χ2v) is 6.92. The predicted molar refractivity (Wildman–Crippen MR) is 83.8 cm³/mol. The van der Waals surface area contributed by atoms with Gasteiger partial charge < -0.3 is 4.90 Å². The number of hydrogen-bond acceptors (Lipinski definition) is 5. The van der Waals surface area contributed by atoms with Crippen LogP contribution in [-0.4, -0.2) is 50.6 Å². The van der Waals surface area contributed by atoms with Crippen LogP contribution in [0.15, 0.2) is 0 Å². The van der Waals surface area contributed by atoms with Crippen LogP contribution in [0.25, 0.3) is 0 Å². The van der Waals surface area contributed by atoms with E-state index in [1.165, 1.54) is 12.8 Å². The van der Waals surface area contributed by atoms with Crippen molar-refractivity contribution in [2.75, 3.05) is 17.7 Å². The molecule has 0 spiro atoms. The van der Waals surface area contributed by atoms with Crippen LogP contribution >= 0.6 is 0 Å². The number of nitrogens with zero attached hydrogens (tertiary/aromatic N) is 4. The van der Waals surface area contributed by atoms with Crippen molar-refractivity contribution in [1.29, 1.82) is 0 Å². The third-order valence-electron chi connectivity index (χ3n) is 5.39. The number of anilines is 2. The number of nitrogens with one attached hydrogen (secondary N) is 2. The zero-order chi connectivity index (χ0) is 16.0. The lowest BCUT2D eigenvalue weighted by atomic mass is 9.88. The standard InChI is InChI=1S/C15H22N6O2/c1-20-10-2-3-11(20)7-9(6-10)8-13(23)16-14-18-15-17-12(22)4-5-21(15)19-14/h9-11H,2-8H2,1H3,(H2,16,17,18,19,22,23). The minimum Gasteiger partial charge on any atom is -0.300 e. The molecule has 2 fully saturated rings. The highest BCUT2D eigenvalue weighted by Crippen LogP contribution is 2.38. The van der Waals surface area contributed by atoms with E-state index in [0.29, 0.717) is 43.3 Å². The molecule has 2 N–H and O–H groups in total. The van der Waals surface area contributed by atoms with Gasteiger partial charge in [0.15, 0.2) is 0 Å². The first-order valence-electron chi connectivity index (χ1n) is 8.35. The number of piperidine rings is 1. The van der Waals surface area contributed by atoms with Crippen molar-refractivity contribution in [1.82, 2.24) is 19.7 Å². The number of hydrogen-bond donors (Lipinski definition) is 2. The molecule has 1 aromatic heterocycles. The molecule has 3 aliphatic heterocycles. The zero-order valence-corrected chi connectivity index (χ0v) is 13.3. The Morgan fingerprint density at radius 2 is 2.09 bits per heavy atom. The Bertz CT molecular complexity index is 628. The van der Waals surface area contributed by atoms with Crippen LogP contribution in [0.4, 0.5) is 11.9 Å². The molecule has 3 aliphatic rings. The molecule has 0 saturated carbocycles. The summed E-state index contributed by atoms with van der Waals surface area (Å²) in [5.74, 6) is 1.04. The van der Waals surface area contributed by atoms with Crippen LogP contribution in [0, 0.1) is 5.92 Å². The van der Waals surface area contributed by atoms with Crippen molar-refractivity contribution in [3.63, 3.8) is 0 Å². The summed E-state index contributed by atoms with van der Waals surface area (Å²) in [6.07, 6.45) is 5.63. The monoisotopic (exact) mass is 318 g/mol. The normalized spacial score (nSPS) is 30.0. The van der Waals surface area contributed by atoms with Gasteiger partial charge in [-0.3, -0.25) is 20.2 Å². The van der Waals surface area contributed by atoms with Crippen LogP contribution in [0.2, 0.25) is 0 Å². The molecular weight excluding hydrogens is 296 g/mol. The maximum atomic E-state index is 12.3. The molecule has 0 radical (unpaired) electrons. The summed E-state index contributed by atoms with van der Waals surface area (Å²) in [5.41, 5.74) is 0. The second-order valence-electron chi connectivity index (χ2n) is 6.92. The largest absolute Gasteiger partial charge is 0.300 e. The van der Waals surface area contributed by atoms with E-state index in [2.05, 4.69) is 32.7 Å². The van der Waals surface area contributed by atoms with Gasteiger partial charge >= 0.3 is 0 Å². The van der Waals surface area contributed by atoms with Gasteiger partial charge in [0, 0.05) is 24.9 Å². The Morgan fingerprint density at radius 3 is 2.83 bits per heavy atom. The van der Waals surface area contributed by atoms with Crippen molar-refractivity contribution < 1.29 is 9.59 Å². The highest BCUT2D eigenvalue weighted by atomic mass is 16.2. The van der Waals surface area contributed by atoms with E-state index in [4.69, 9.17) is 0 Å². The van der Waals surface area contributed by atoms with E-state index in [9.17, 15) is 9.59 Å². The number of rotatable bonds is 3. The SMILES string of the molecule is CN1C2CCC1CC(CC(=O)Nc1nc3n(n1)CCC(=O)N3)C2. The molecule has 8 nitrogen and oxygen atoms in total. The van der Waals surface area contributed by atoms with E-state index in [-0.39, 0.29) is 17.8 Å². The van der Waals surface area contributed by atoms with Gasteiger partial charge in [-0.2, -0.15) is 4.98 Å². The van der Waals surface area contributed by atoms with Gasteiger partial charge in [0.2, 0.25) is 17.8 Å². The van der Waals surface area contributed by atoms with Gasteiger partial charge in [0.25, 0.3) is 5.95 Å². The van der Waals surface area contributed by atoms with Crippen LogP contribution in [0.3, 0.4) is 0 Å². The first-order valence-corrected chi connectivity index (χ1v) is 8.35. The highest BCUT2D eigenvalue weighted by Gasteiger charge is 2.38. The molecule has 4 heterocycles. The summed E-state index contributed by atoms with van der Waals surface area (Å²) in [5, 5.41) is 9.65. The summed E-state index contributed by atoms with van der Waals surface area (Å²) in [6.45, 7) is 0.502. The lowest BCUT2D eigenvalue weighted by Gasteiger charge is -2.36. The zero-order valence-electron chi connectivity index (χ0n) is 13.3. The Morgan fingerprint density at radius 1 is 1.35 bits per heavy atom. The smallest absolute Gasteiger partial charge is 0.250 e. The number of amides is 2. The molecule has 2 atom stereocenters. The Hall–Kier alpha value is -1.96. The van der Waals surface area contributed by atoms with E-state index in [0.717, 1.165) is 12.8 Å². The van der Waals surface area contributed by atoms with Gasteiger partial charge in [-0.1, -0.05) is 0 Å². The maximum absolute atomic E-state index is 12.3. The van der Waals surface area contributed by atoms with Crippen molar-refractivity contribution in [2.45, 2.75) is 57.2 Å². The number of carbonyl (C=O) groups is 2. The molecule has 0 aliphatic carbocycles. The third kappa shape index (κ3) is 2.83. The molecule has 2 amide bonds. The molecule has 2 unspecified atom stereocenters. The van der Waals surface area contributed by atoms with Gasteiger partial charge in [-0.05, 0) is 38.6 Å². The van der Waals surface area contributed by atoms with E-state index >= 15 is 0 Å². The van der Waals surface area contributed by atoms with Gasteiger partial charge in [-0.25, -0.2) is 4.68 Å². The van der Waals surface area contributed by atoms with Crippen LogP contribution in [-0.2, 0) is 16.1 Å². The molecular formula is C15H22N6O2. The lowest BCUT2D eigenvalue weighted by molar-refractivity contribution is -0.118. The molecule has 0 aromatic carbocycles.